The third-order valence-electron chi connectivity index (χ3n) is 3.75. The minimum Gasteiger partial charge on any atom is -0.481 e. The Morgan fingerprint density at radius 1 is 1.30 bits per heavy atom. The van der Waals surface area contributed by atoms with Gasteiger partial charge in [-0.05, 0) is 26.2 Å². The monoisotopic (exact) mass is 307 g/mol. The zero-order chi connectivity index (χ0) is 15.4. The molecule has 116 valence electrons. The maximum absolute atomic E-state index is 12.1. The summed E-state index contributed by atoms with van der Waals surface area (Å²) in [6, 6.07) is 0. The van der Waals surface area contributed by atoms with Gasteiger partial charge in [-0.1, -0.05) is 0 Å². The molecule has 0 saturated carbocycles. The quantitative estimate of drug-likeness (QED) is 0.715. The van der Waals surface area contributed by atoms with Gasteiger partial charge in [0, 0.05) is 19.5 Å². The Labute approximate surface area is 118 Å². The number of hydrogen-bond acceptors (Lipinski definition) is 5. The molecule has 8 heteroatoms. The number of ether oxygens (including phenoxy) is 1. The van der Waals surface area contributed by atoms with Crippen molar-refractivity contribution in [3.63, 3.8) is 0 Å². The molecule has 0 unspecified atom stereocenters. The van der Waals surface area contributed by atoms with Gasteiger partial charge in [-0.3, -0.25) is 9.59 Å². The van der Waals surface area contributed by atoms with Crippen molar-refractivity contribution in [1.29, 1.82) is 0 Å². The van der Waals surface area contributed by atoms with Crippen molar-refractivity contribution in [3.8, 4) is 0 Å². The van der Waals surface area contributed by atoms with Crippen LogP contribution < -0.4 is 0 Å². The highest BCUT2D eigenvalue weighted by molar-refractivity contribution is 7.89. The van der Waals surface area contributed by atoms with Gasteiger partial charge in [-0.25, -0.2) is 12.7 Å². The summed E-state index contributed by atoms with van der Waals surface area (Å²) in [7, 11) is -2.17. The number of sulfonamides is 1. The van der Waals surface area contributed by atoms with Crippen LogP contribution in [-0.4, -0.2) is 55.7 Å². The molecule has 1 saturated heterocycles. The smallest absolute Gasteiger partial charge is 0.309 e. The van der Waals surface area contributed by atoms with Crippen LogP contribution in [0, 0.1) is 5.41 Å². The van der Waals surface area contributed by atoms with Crippen LogP contribution in [0.25, 0.3) is 0 Å². The van der Waals surface area contributed by atoms with E-state index in [2.05, 4.69) is 4.74 Å². The second kappa shape index (κ2) is 6.53. The molecular weight excluding hydrogens is 286 g/mol. The molecule has 1 N–H and O–H groups in total. The summed E-state index contributed by atoms with van der Waals surface area (Å²) in [6.45, 7) is 2.06. The van der Waals surface area contributed by atoms with Gasteiger partial charge in [-0.15, -0.1) is 0 Å². The number of carbonyl (C=O) groups is 2. The molecule has 0 bridgehead atoms. The van der Waals surface area contributed by atoms with Crippen LogP contribution in [0.3, 0.4) is 0 Å². The molecule has 1 rings (SSSR count). The van der Waals surface area contributed by atoms with Gasteiger partial charge < -0.3 is 9.84 Å². The van der Waals surface area contributed by atoms with Gasteiger partial charge in [0.25, 0.3) is 0 Å². The minimum absolute atomic E-state index is 0.0659. The van der Waals surface area contributed by atoms with Crippen molar-refractivity contribution in [2.45, 2.75) is 32.6 Å². The Hall–Kier alpha value is -1.15. The van der Waals surface area contributed by atoms with E-state index in [0.29, 0.717) is 12.8 Å². The number of carboxylic acids is 1. The fraction of sp³-hybridized carbons (Fsp3) is 0.833. The fourth-order valence-corrected chi connectivity index (χ4v) is 3.61. The molecule has 1 heterocycles. The van der Waals surface area contributed by atoms with E-state index in [9.17, 15) is 18.0 Å². The fourth-order valence-electron chi connectivity index (χ4n) is 2.10. The lowest BCUT2D eigenvalue weighted by atomic mass is 9.81. The van der Waals surface area contributed by atoms with E-state index >= 15 is 0 Å². The van der Waals surface area contributed by atoms with Crippen LogP contribution in [0.2, 0.25) is 0 Å². The lowest BCUT2D eigenvalue weighted by Crippen LogP contribution is -2.45. The van der Waals surface area contributed by atoms with Crippen molar-refractivity contribution in [3.05, 3.63) is 0 Å². The number of piperidine rings is 1. The van der Waals surface area contributed by atoms with Gasteiger partial charge in [0.2, 0.25) is 10.0 Å². The molecule has 20 heavy (non-hydrogen) atoms. The third kappa shape index (κ3) is 4.17. The number of methoxy groups -OCH3 is 1. The molecule has 7 nitrogen and oxygen atoms in total. The van der Waals surface area contributed by atoms with Crippen molar-refractivity contribution in [2.75, 3.05) is 26.0 Å². The van der Waals surface area contributed by atoms with Gasteiger partial charge in [-0.2, -0.15) is 0 Å². The summed E-state index contributed by atoms with van der Waals surface area (Å²) < 4.78 is 29.9. The standard InChI is InChI=1S/C12H21NO6S/c1-12(11(15)16)5-7-13(8-6-12)20(17,18)9-3-4-10(14)19-2/h3-9H2,1-2H3,(H,15,16). The first-order valence-electron chi connectivity index (χ1n) is 6.49. The normalized spacial score (nSPS) is 19.5. The first-order valence-corrected chi connectivity index (χ1v) is 8.10. The molecule has 1 aliphatic rings. The van der Waals surface area contributed by atoms with E-state index in [0.717, 1.165) is 0 Å². The van der Waals surface area contributed by atoms with Gasteiger partial charge in [0.1, 0.15) is 0 Å². The molecule has 0 aromatic rings. The lowest BCUT2D eigenvalue weighted by Gasteiger charge is -2.35. The molecular formula is C12H21NO6S. The number of nitrogens with zero attached hydrogens (tertiary/aromatic N) is 1. The van der Waals surface area contributed by atoms with Crippen LogP contribution in [0.1, 0.15) is 32.6 Å². The molecule has 0 aromatic heterocycles. The van der Waals surface area contributed by atoms with Gasteiger partial charge in [0.05, 0.1) is 18.3 Å². The molecule has 0 spiro atoms. The van der Waals surface area contributed by atoms with Crippen molar-refractivity contribution < 1.29 is 27.9 Å². The van der Waals surface area contributed by atoms with Crippen molar-refractivity contribution in [2.24, 2.45) is 5.41 Å². The Balaban J connectivity index is 2.51. The third-order valence-corrected chi connectivity index (χ3v) is 5.70. The summed E-state index contributed by atoms with van der Waals surface area (Å²) >= 11 is 0. The highest BCUT2D eigenvalue weighted by atomic mass is 32.2. The number of aliphatic carboxylic acids is 1. The Morgan fingerprint density at radius 3 is 2.30 bits per heavy atom. The summed E-state index contributed by atoms with van der Waals surface area (Å²) in [5, 5.41) is 9.10. The maximum Gasteiger partial charge on any atom is 0.309 e. The van der Waals surface area contributed by atoms with Crippen molar-refractivity contribution in [1.82, 2.24) is 4.31 Å². The topological polar surface area (TPSA) is 101 Å². The highest BCUT2D eigenvalue weighted by Gasteiger charge is 2.39. The number of esters is 1. The van der Waals surface area contributed by atoms with E-state index in [4.69, 9.17) is 5.11 Å². The Bertz CT molecular complexity index is 464. The number of carbonyl (C=O) groups excluding carboxylic acids is 1. The van der Waals surface area contributed by atoms with Crippen LogP contribution in [0.4, 0.5) is 0 Å². The zero-order valence-corrected chi connectivity index (χ0v) is 12.6. The van der Waals surface area contributed by atoms with E-state index < -0.39 is 27.4 Å². The predicted molar refractivity (Wildman–Crippen MR) is 71.6 cm³/mol. The lowest BCUT2D eigenvalue weighted by molar-refractivity contribution is -0.150. The Morgan fingerprint density at radius 2 is 1.85 bits per heavy atom. The van der Waals surface area contributed by atoms with E-state index in [1.807, 2.05) is 0 Å². The van der Waals surface area contributed by atoms with Gasteiger partial charge >= 0.3 is 11.9 Å². The van der Waals surface area contributed by atoms with E-state index in [-0.39, 0.29) is 31.7 Å². The zero-order valence-electron chi connectivity index (χ0n) is 11.8. The average Bonchev–Trinajstić information content (AvgIpc) is 2.38. The number of carboxylic acid groups (broad SMARTS) is 1. The Kier molecular flexibility index (Phi) is 5.52. The molecule has 1 fully saturated rings. The first kappa shape index (κ1) is 16.9. The molecule has 0 aliphatic carbocycles. The summed E-state index contributed by atoms with van der Waals surface area (Å²) in [4.78, 5) is 22.0. The maximum atomic E-state index is 12.1. The van der Waals surface area contributed by atoms with Crippen LogP contribution in [-0.2, 0) is 24.3 Å². The second-order valence-corrected chi connectivity index (χ2v) is 7.35. The summed E-state index contributed by atoms with van der Waals surface area (Å²) in [6.07, 6.45) is 0.884. The van der Waals surface area contributed by atoms with E-state index in [1.54, 1.807) is 6.92 Å². The van der Waals surface area contributed by atoms with Gasteiger partial charge in [0.15, 0.2) is 0 Å². The van der Waals surface area contributed by atoms with Crippen molar-refractivity contribution >= 4 is 22.0 Å². The number of hydrogen-bond donors (Lipinski definition) is 1. The predicted octanol–water partition coefficient (Wildman–Crippen LogP) is 0.456. The highest BCUT2D eigenvalue weighted by Crippen LogP contribution is 2.32. The molecule has 0 radical (unpaired) electrons. The van der Waals surface area contributed by atoms with Crippen LogP contribution in [0.5, 0.6) is 0 Å². The largest absolute Gasteiger partial charge is 0.481 e. The average molecular weight is 307 g/mol. The van der Waals surface area contributed by atoms with Crippen LogP contribution in [0.15, 0.2) is 0 Å². The molecule has 1 aliphatic heterocycles. The minimum atomic E-state index is -3.43. The molecule has 0 atom stereocenters. The summed E-state index contributed by atoms with van der Waals surface area (Å²) in [5.74, 6) is -1.44. The second-order valence-electron chi connectivity index (χ2n) is 5.26. The van der Waals surface area contributed by atoms with E-state index in [1.165, 1.54) is 11.4 Å². The van der Waals surface area contributed by atoms with Crippen LogP contribution >= 0.6 is 0 Å². The number of rotatable bonds is 6. The molecule has 0 aromatic carbocycles. The SMILES string of the molecule is COC(=O)CCCS(=O)(=O)N1CCC(C)(C(=O)O)CC1. The summed E-state index contributed by atoms with van der Waals surface area (Å²) in [5.41, 5.74) is -0.849. The molecule has 0 amide bonds. The first-order chi connectivity index (χ1) is 9.21.